The number of sulfonamides is 1. The van der Waals surface area contributed by atoms with Crippen LogP contribution in [-0.4, -0.2) is 29.3 Å². The van der Waals surface area contributed by atoms with Crippen LogP contribution in [0.15, 0.2) is 29.3 Å². The van der Waals surface area contributed by atoms with Crippen LogP contribution in [0.25, 0.3) is 0 Å². The van der Waals surface area contributed by atoms with Crippen molar-refractivity contribution in [1.82, 2.24) is 9.78 Å². The van der Waals surface area contributed by atoms with E-state index < -0.39 is 38.1 Å². The Kier molecular flexibility index (Phi) is 3.64. The minimum Gasteiger partial charge on any atom is -0.477 e. The van der Waals surface area contributed by atoms with Crippen molar-refractivity contribution in [3.63, 3.8) is 0 Å². The number of aromatic nitrogens is 2. The van der Waals surface area contributed by atoms with E-state index in [0.717, 1.165) is 23.0 Å². The van der Waals surface area contributed by atoms with E-state index in [1.165, 1.54) is 7.05 Å². The van der Waals surface area contributed by atoms with Crippen LogP contribution in [0.1, 0.15) is 10.4 Å². The lowest BCUT2D eigenvalue weighted by atomic mass is 10.3. The molecule has 0 saturated carbocycles. The first-order chi connectivity index (χ1) is 9.72. The van der Waals surface area contributed by atoms with Crippen LogP contribution in [0.2, 0.25) is 0 Å². The molecule has 0 aliphatic rings. The van der Waals surface area contributed by atoms with Gasteiger partial charge in [-0.15, -0.1) is 0 Å². The fourth-order valence-electron chi connectivity index (χ4n) is 1.59. The van der Waals surface area contributed by atoms with E-state index in [2.05, 4.69) is 5.10 Å². The van der Waals surface area contributed by atoms with Crippen molar-refractivity contribution in [1.29, 1.82) is 0 Å². The summed E-state index contributed by atoms with van der Waals surface area (Å²) in [6, 6.07) is 1.93. The third kappa shape index (κ3) is 2.84. The molecular formula is C11H9F2N3O4S. The molecule has 0 amide bonds. The van der Waals surface area contributed by atoms with E-state index in [1.807, 2.05) is 4.72 Å². The van der Waals surface area contributed by atoms with Gasteiger partial charge in [0.25, 0.3) is 10.0 Å². The number of carboxylic acid groups (broad SMARTS) is 1. The average Bonchev–Trinajstić information content (AvgIpc) is 2.70. The first-order valence-electron chi connectivity index (χ1n) is 5.45. The van der Waals surface area contributed by atoms with E-state index in [0.29, 0.717) is 6.07 Å². The third-order valence-electron chi connectivity index (χ3n) is 2.58. The molecule has 2 N–H and O–H groups in total. The quantitative estimate of drug-likeness (QED) is 0.882. The highest BCUT2D eigenvalue weighted by atomic mass is 32.2. The predicted octanol–water partition coefficient (Wildman–Crippen LogP) is 1.20. The fraction of sp³-hybridized carbons (Fsp3) is 0.0909. The van der Waals surface area contributed by atoms with Crippen LogP contribution in [0.3, 0.4) is 0 Å². The second-order valence-corrected chi connectivity index (χ2v) is 5.67. The van der Waals surface area contributed by atoms with Crippen molar-refractivity contribution in [2.75, 3.05) is 4.72 Å². The topological polar surface area (TPSA) is 101 Å². The zero-order valence-corrected chi connectivity index (χ0v) is 11.4. The number of anilines is 1. The smallest absolute Gasteiger partial charge is 0.341 e. The molecule has 0 aliphatic heterocycles. The summed E-state index contributed by atoms with van der Waals surface area (Å²) < 4.78 is 53.3. The van der Waals surface area contributed by atoms with Gasteiger partial charge in [-0.3, -0.25) is 9.40 Å². The zero-order chi connectivity index (χ0) is 15.8. The number of hydrogen-bond acceptors (Lipinski definition) is 4. The fourth-order valence-corrected chi connectivity index (χ4v) is 2.76. The summed E-state index contributed by atoms with van der Waals surface area (Å²) in [5.74, 6) is -3.97. The molecule has 21 heavy (non-hydrogen) atoms. The van der Waals surface area contributed by atoms with E-state index in [1.54, 1.807) is 0 Å². The van der Waals surface area contributed by atoms with Crippen molar-refractivity contribution in [3.05, 3.63) is 41.6 Å². The average molecular weight is 317 g/mol. The first-order valence-corrected chi connectivity index (χ1v) is 6.94. The van der Waals surface area contributed by atoms with E-state index in [4.69, 9.17) is 5.11 Å². The molecule has 7 nitrogen and oxygen atoms in total. The lowest BCUT2D eigenvalue weighted by Crippen LogP contribution is -2.18. The maximum atomic E-state index is 13.5. The van der Waals surface area contributed by atoms with Crippen LogP contribution < -0.4 is 4.72 Å². The normalized spacial score (nSPS) is 11.4. The summed E-state index contributed by atoms with van der Waals surface area (Å²) in [7, 11) is -3.11. The van der Waals surface area contributed by atoms with Crippen molar-refractivity contribution < 1.29 is 27.1 Å². The van der Waals surface area contributed by atoms with Gasteiger partial charge in [0.2, 0.25) is 0 Å². The molecule has 1 aromatic carbocycles. The van der Waals surface area contributed by atoms with Gasteiger partial charge in [0.1, 0.15) is 22.1 Å². The summed E-state index contributed by atoms with van der Waals surface area (Å²) in [4.78, 5) is 10.2. The maximum Gasteiger partial charge on any atom is 0.341 e. The molecule has 0 radical (unpaired) electrons. The zero-order valence-electron chi connectivity index (χ0n) is 10.5. The summed E-state index contributed by atoms with van der Waals surface area (Å²) in [6.07, 6.45) is 0.946. The van der Waals surface area contributed by atoms with Crippen LogP contribution in [0, 0.1) is 11.6 Å². The second kappa shape index (κ2) is 5.13. The number of benzene rings is 1. The second-order valence-electron chi connectivity index (χ2n) is 4.02. The molecule has 112 valence electrons. The molecule has 1 heterocycles. The lowest BCUT2D eigenvalue weighted by Gasteiger charge is -2.10. The van der Waals surface area contributed by atoms with E-state index in [9.17, 15) is 22.0 Å². The van der Waals surface area contributed by atoms with Gasteiger partial charge in [0.15, 0.2) is 5.82 Å². The summed E-state index contributed by atoms with van der Waals surface area (Å²) in [5.41, 5.74) is -0.399. The van der Waals surface area contributed by atoms with Crippen molar-refractivity contribution in [2.45, 2.75) is 4.90 Å². The van der Waals surface area contributed by atoms with Crippen LogP contribution >= 0.6 is 0 Å². The summed E-state index contributed by atoms with van der Waals surface area (Å²) in [6.45, 7) is 0. The molecule has 10 heteroatoms. The first kappa shape index (κ1) is 14.9. The Morgan fingerprint density at radius 3 is 2.62 bits per heavy atom. The highest BCUT2D eigenvalue weighted by Gasteiger charge is 2.24. The Hall–Kier alpha value is -2.49. The highest BCUT2D eigenvalue weighted by molar-refractivity contribution is 7.92. The van der Waals surface area contributed by atoms with Gasteiger partial charge in [0, 0.05) is 13.1 Å². The predicted molar refractivity (Wildman–Crippen MR) is 67.3 cm³/mol. The van der Waals surface area contributed by atoms with Crippen molar-refractivity contribution in [2.24, 2.45) is 7.05 Å². The molecular weight excluding hydrogens is 308 g/mol. The molecule has 0 saturated heterocycles. The number of carbonyl (C=O) groups is 1. The number of hydrogen-bond donors (Lipinski definition) is 2. The van der Waals surface area contributed by atoms with Crippen molar-refractivity contribution in [3.8, 4) is 0 Å². The van der Waals surface area contributed by atoms with Crippen LogP contribution in [-0.2, 0) is 17.1 Å². The Balaban J connectivity index is 2.47. The molecule has 0 spiro atoms. The Bertz CT molecular complexity index is 817. The summed E-state index contributed by atoms with van der Waals surface area (Å²) >= 11 is 0. The van der Waals surface area contributed by atoms with Crippen LogP contribution in [0.4, 0.5) is 14.6 Å². The van der Waals surface area contributed by atoms with Gasteiger partial charge in [-0.25, -0.2) is 22.0 Å². The minimum atomic E-state index is -4.43. The van der Waals surface area contributed by atoms with Gasteiger partial charge in [0.05, 0.1) is 6.20 Å². The number of carboxylic acids is 1. The van der Waals surface area contributed by atoms with Gasteiger partial charge in [-0.2, -0.15) is 5.10 Å². The number of nitrogens with one attached hydrogen (secondary N) is 1. The Morgan fingerprint density at radius 1 is 1.38 bits per heavy atom. The van der Waals surface area contributed by atoms with E-state index in [-0.39, 0.29) is 5.82 Å². The maximum absolute atomic E-state index is 13.5. The number of rotatable bonds is 4. The number of aryl methyl sites for hydroxylation is 1. The third-order valence-corrected chi connectivity index (χ3v) is 3.96. The number of aromatic carboxylic acids is 1. The van der Waals surface area contributed by atoms with Gasteiger partial charge in [-0.1, -0.05) is 0 Å². The number of halogens is 2. The Labute approximate surface area is 117 Å². The van der Waals surface area contributed by atoms with Gasteiger partial charge < -0.3 is 5.11 Å². The minimum absolute atomic E-state index is 0.341. The van der Waals surface area contributed by atoms with E-state index >= 15 is 0 Å². The molecule has 2 aromatic rings. The van der Waals surface area contributed by atoms with Crippen molar-refractivity contribution >= 4 is 21.8 Å². The molecule has 0 bridgehead atoms. The largest absolute Gasteiger partial charge is 0.477 e. The summed E-state index contributed by atoms with van der Waals surface area (Å²) in [5, 5.41) is 12.5. The molecule has 2 rings (SSSR count). The van der Waals surface area contributed by atoms with Gasteiger partial charge in [-0.05, 0) is 12.1 Å². The monoisotopic (exact) mass is 317 g/mol. The SMILES string of the molecule is Cn1ncc(C(=O)O)c1NS(=O)(=O)c1ccc(F)cc1F. The molecule has 0 aliphatic carbocycles. The molecule has 0 fully saturated rings. The standard InChI is InChI=1S/C11H9F2N3O4S/c1-16-10(7(5-14-16)11(17)18)15-21(19,20)9-3-2-6(12)4-8(9)13/h2-5,15H,1H3,(H,17,18). The molecule has 0 unspecified atom stereocenters. The highest BCUT2D eigenvalue weighted by Crippen LogP contribution is 2.21. The Morgan fingerprint density at radius 2 is 2.05 bits per heavy atom. The lowest BCUT2D eigenvalue weighted by molar-refractivity contribution is 0.0698. The number of nitrogens with zero attached hydrogens (tertiary/aromatic N) is 2. The molecule has 1 aromatic heterocycles. The van der Waals surface area contributed by atoms with Gasteiger partial charge >= 0.3 is 5.97 Å². The van der Waals surface area contributed by atoms with Crippen LogP contribution in [0.5, 0.6) is 0 Å². The molecule has 0 atom stereocenters.